The minimum atomic E-state index is 0.154. The summed E-state index contributed by atoms with van der Waals surface area (Å²) < 4.78 is 0.975. The lowest BCUT2D eigenvalue weighted by Crippen LogP contribution is -2.49. The van der Waals surface area contributed by atoms with Gasteiger partial charge in [-0.15, -0.1) is 0 Å². The van der Waals surface area contributed by atoms with Crippen LogP contribution >= 0.6 is 15.9 Å². The highest BCUT2D eigenvalue weighted by Crippen LogP contribution is 2.16. The molecule has 1 aliphatic rings. The van der Waals surface area contributed by atoms with Crippen molar-refractivity contribution in [1.29, 1.82) is 0 Å². The van der Waals surface area contributed by atoms with Crippen molar-refractivity contribution in [2.75, 3.05) is 37.6 Å². The maximum Gasteiger partial charge on any atom is 0.223 e. The second-order valence-electron chi connectivity index (χ2n) is 4.24. The van der Waals surface area contributed by atoms with Crippen LogP contribution < -0.4 is 10.6 Å². The number of carbonyl (C=O) groups is 1. The number of rotatable bonds is 3. The van der Waals surface area contributed by atoms with Gasteiger partial charge in [-0.1, -0.05) is 0 Å². The van der Waals surface area contributed by atoms with Crippen molar-refractivity contribution in [3.05, 3.63) is 22.8 Å². The quantitative estimate of drug-likeness (QED) is 0.898. The Bertz CT molecular complexity index is 401. The Balaban J connectivity index is 1.90. The van der Waals surface area contributed by atoms with Gasteiger partial charge in [-0.3, -0.25) is 4.79 Å². The van der Waals surface area contributed by atoms with Crippen LogP contribution in [0.25, 0.3) is 0 Å². The van der Waals surface area contributed by atoms with Crippen LogP contribution in [0.15, 0.2) is 22.8 Å². The zero-order chi connectivity index (χ0) is 13.0. The number of aromatic nitrogens is 1. The molecular formula is C12H17BrN4O. The first-order chi connectivity index (χ1) is 8.70. The molecule has 0 spiro atoms. The Kier molecular flexibility index (Phi) is 4.54. The van der Waals surface area contributed by atoms with E-state index in [9.17, 15) is 4.79 Å². The maximum atomic E-state index is 11.7. The molecule has 1 saturated heterocycles. The SMILES string of the molecule is NCCC(=O)N1CCN(c2ccc(Br)cn2)CC1. The predicted molar refractivity (Wildman–Crippen MR) is 74.4 cm³/mol. The van der Waals surface area contributed by atoms with Crippen molar-refractivity contribution in [1.82, 2.24) is 9.88 Å². The van der Waals surface area contributed by atoms with Crippen LogP contribution in [0.3, 0.4) is 0 Å². The second-order valence-corrected chi connectivity index (χ2v) is 5.16. The van der Waals surface area contributed by atoms with E-state index in [1.165, 1.54) is 0 Å². The molecule has 0 radical (unpaired) electrons. The molecule has 1 aliphatic heterocycles. The molecule has 0 bridgehead atoms. The van der Waals surface area contributed by atoms with Gasteiger partial charge in [-0.25, -0.2) is 4.98 Å². The highest BCUT2D eigenvalue weighted by molar-refractivity contribution is 9.10. The largest absolute Gasteiger partial charge is 0.353 e. The van der Waals surface area contributed by atoms with Crippen LogP contribution in [0.5, 0.6) is 0 Å². The number of piperazine rings is 1. The van der Waals surface area contributed by atoms with E-state index in [1.807, 2.05) is 17.0 Å². The molecule has 1 fully saturated rings. The molecule has 2 heterocycles. The molecule has 18 heavy (non-hydrogen) atoms. The summed E-state index contributed by atoms with van der Waals surface area (Å²) in [5, 5.41) is 0. The Morgan fingerprint density at radius 1 is 1.33 bits per heavy atom. The lowest BCUT2D eigenvalue weighted by atomic mass is 10.2. The molecule has 5 nitrogen and oxygen atoms in total. The Labute approximate surface area is 115 Å². The Hall–Kier alpha value is -1.14. The first-order valence-corrected chi connectivity index (χ1v) is 6.84. The van der Waals surface area contributed by atoms with E-state index in [-0.39, 0.29) is 5.91 Å². The molecule has 2 rings (SSSR count). The number of nitrogens with two attached hydrogens (primary N) is 1. The van der Waals surface area contributed by atoms with Gasteiger partial charge in [0.2, 0.25) is 5.91 Å². The molecule has 98 valence electrons. The average molecular weight is 313 g/mol. The summed E-state index contributed by atoms with van der Waals surface area (Å²) in [5.41, 5.74) is 5.40. The zero-order valence-corrected chi connectivity index (χ0v) is 11.8. The first-order valence-electron chi connectivity index (χ1n) is 6.05. The Morgan fingerprint density at radius 2 is 2.06 bits per heavy atom. The number of carbonyl (C=O) groups excluding carboxylic acids is 1. The topological polar surface area (TPSA) is 62.5 Å². The number of nitrogens with zero attached hydrogens (tertiary/aromatic N) is 3. The highest BCUT2D eigenvalue weighted by Gasteiger charge is 2.20. The fourth-order valence-corrected chi connectivity index (χ4v) is 2.26. The minimum Gasteiger partial charge on any atom is -0.353 e. The van der Waals surface area contributed by atoms with Crippen molar-refractivity contribution in [3.8, 4) is 0 Å². The van der Waals surface area contributed by atoms with Crippen LogP contribution in [0.1, 0.15) is 6.42 Å². The number of hydrogen-bond donors (Lipinski definition) is 1. The molecule has 0 atom stereocenters. The van der Waals surface area contributed by atoms with Gasteiger partial charge in [0.25, 0.3) is 0 Å². The van der Waals surface area contributed by atoms with Crippen LogP contribution in [-0.4, -0.2) is 48.5 Å². The number of hydrogen-bond acceptors (Lipinski definition) is 4. The van der Waals surface area contributed by atoms with Crippen LogP contribution in [0, 0.1) is 0 Å². The van der Waals surface area contributed by atoms with Crippen LogP contribution in [0.2, 0.25) is 0 Å². The van der Waals surface area contributed by atoms with Crippen molar-refractivity contribution < 1.29 is 4.79 Å². The normalized spacial score (nSPS) is 15.9. The van der Waals surface area contributed by atoms with Gasteiger partial charge in [-0.05, 0) is 28.1 Å². The van der Waals surface area contributed by atoms with Crippen molar-refractivity contribution in [2.45, 2.75) is 6.42 Å². The van der Waals surface area contributed by atoms with E-state index >= 15 is 0 Å². The molecule has 0 aliphatic carbocycles. The van der Waals surface area contributed by atoms with E-state index in [0.717, 1.165) is 36.5 Å². The molecule has 0 unspecified atom stereocenters. The summed E-state index contributed by atoms with van der Waals surface area (Å²) in [5.74, 6) is 1.12. The van der Waals surface area contributed by atoms with E-state index < -0.39 is 0 Å². The van der Waals surface area contributed by atoms with Gasteiger partial charge in [0.15, 0.2) is 0 Å². The fraction of sp³-hybridized carbons (Fsp3) is 0.500. The third-order valence-electron chi connectivity index (χ3n) is 3.03. The van der Waals surface area contributed by atoms with E-state index in [1.54, 1.807) is 6.20 Å². The summed E-state index contributed by atoms with van der Waals surface area (Å²) >= 11 is 3.37. The minimum absolute atomic E-state index is 0.154. The number of amides is 1. The van der Waals surface area contributed by atoms with Crippen LogP contribution in [0.4, 0.5) is 5.82 Å². The first kappa shape index (κ1) is 13.3. The summed E-state index contributed by atoms with van der Waals surface area (Å²) in [4.78, 5) is 20.1. The van der Waals surface area contributed by atoms with E-state index in [0.29, 0.717) is 13.0 Å². The monoisotopic (exact) mass is 312 g/mol. The molecule has 0 aromatic carbocycles. The summed E-state index contributed by atoms with van der Waals surface area (Å²) in [6.45, 7) is 3.57. The summed E-state index contributed by atoms with van der Waals surface area (Å²) in [6.07, 6.45) is 2.23. The van der Waals surface area contributed by atoms with Gasteiger partial charge in [0.1, 0.15) is 5.82 Å². The van der Waals surface area contributed by atoms with Crippen molar-refractivity contribution >= 4 is 27.7 Å². The number of pyridine rings is 1. The second kappa shape index (κ2) is 6.15. The van der Waals surface area contributed by atoms with E-state index in [2.05, 4.69) is 25.8 Å². The Morgan fingerprint density at radius 3 is 2.61 bits per heavy atom. The molecule has 1 aromatic rings. The molecule has 1 aromatic heterocycles. The summed E-state index contributed by atoms with van der Waals surface area (Å²) in [6, 6.07) is 3.97. The van der Waals surface area contributed by atoms with Crippen molar-refractivity contribution in [2.24, 2.45) is 5.73 Å². The molecule has 6 heteroatoms. The predicted octanol–water partition coefficient (Wildman–Crippen LogP) is 0.842. The average Bonchev–Trinajstić information content (AvgIpc) is 2.40. The third kappa shape index (κ3) is 3.20. The van der Waals surface area contributed by atoms with Gasteiger partial charge in [0, 0.05) is 49.8 Å². The molecular weight excluding hydrogens is 296 g/mol. The fourth-order valence-electron chi connectivity index (χ4n) is 2.02. The van der Waals surface area contributed by atoms with Gasteiger partial charge in [-0.2, -0.15) is 0 Å². The van der Waals surface area contributed by atoms with Crippen LogP contribution in [-0.2, 0) is 4.79 Å². The third-order valence-corrected chi connectivity index (χ3v) is 3.50. The lowest BCUT2D eigenvalue weighted by Gasteiger charge is -2.35. The maximum absolute atomic E-state index is 11.7. The number of anilines is 1. The van der Waals surface area contributed by atoms with Gasteiger partial charge >= 0.3 is 0 Å². The lowest BCUT2D eigenvalue weighted by molar-refractivity contribution is -0.131. The molecule has 2 N–H and O–H groups in total. The standard InChI is InChI=1S/C12H17BrN4O/c13-10-1-2-11(15-9-10)16-5-7-17(8-6-16)12(18)3-4-14/h1-2,9H,3-8,14H2. The summed E-state index contributed by atoms with van der Waals surface area (Å²) in [7, 11) is 0. The van der Waals surface area contributed by atoms with Crippen molar-refractivity contribution in [3.63, 3.8) is 0 Å². The van der Waals surface area contributed by atoms with E-state index in [4.69, 9.17) is 5.73 Å². The number of halogens is 1. The van der Waals surface area contributed by atoms with Gasteiger partial charge < -0.3 is 15.5 Å². The molecule has 1 amide bonds. The highest BCUT2D eigenvalue weighted by atomic mass is 79.9. The zero-order valence-electron chi connectivity index (χ0n) is 10.2. The smallest absolute Gasteiger partial charge is 0.223 e. The molecule has 0 saturated carbocycles. The van der Waals surface area contributed by atoms with Gasteiger partial charge in [0.05, 0.1) is 0 Å².